The van der Waals surface area contributed by atoms with Crippen LogP contribution in [0.3, 0.4) is 0 Å². The first-order valence-electron chi connectivity index (χ1n) is 8.18. The molecule has 126 valence electrons. The predicted octanol–water partition coefficient (Wildman–Crippen LogP) is 3.15. The highest BCUT2D eigenvalue weighted by atomic mass is 35.5. The summed E-state index contributed by atoms with van der Waals surface area (Å²) in [6.45, 7) is 4.06. The van der Waals surface area contributed by atoms with Gasteiger partial charge in [-0.05, 0) is 13.0 Å². The van der Waals surface area contributed by atoms with Crippen molar-refractivity contribution in [3.63, 3.8) is 0 Å². The van der Waals surface area contributed by atoms with Gasteiger partial charge in [-0.3, -0.25) is 4.90 Å². The number of aryl methyl sites for hydroxylation is 1. The number of para-hydroxylation sites is 1. The van der Waals surface area contributed by atoms with Crippen LogP contribution in [0.25, 0.3) is 10.9 Å². The number of fused-ring (bicyclic) bond motifs is 1. The normalized spacial score (nSPS) is 21.8. The fraction of sp³-hybridized carbons (Fsp3) is 0.389. The van der Waals surface area contributed by atoms with Crippen molar-refractivity contribution in [1.29, 1.82) is 0 Å². The summed E-state index contributed by atoms with van der Waals surface area (Å²) in [5.41, 5.74) is 2.92. The van der Waals surface area contributed by atoms with E-state index in [4.69, 9.17) is 16.1 Å². The van der Waals surface area contributed by atoms with Crippen molar-refractivity contribution in [3.8, 4) is 0 Å². The number of benzene rings is 1. The molecule has 0 unspecified atom stereocenters. The standard InChI is InChI=1S/C18H20ClN3O2/c1-11-6-13(24-21-11)7-12-8-22(10-17(12)23)9-16-18(19)14-4-2-3-5-15(14)20-16/h2-6,12,17,20,23H,7-10H2,1H3/t12-,17+/m1/s1. The third kappa shape index (κ3) is 2.95. The molecule has 0 spiro atoms. The van der Waals surface area contributed by atoms with Crippen molar-refractivity contribution < 1.29 is 9.63 Å². The van der Waals surface area contributed by atoms with E-state index in [1.165, 1.54) is 0 Å². The fourth-order valence-corrected chi connectivity index (χ4v) is 3.81. The number of H-pyrrole nitrogens is 1. The highest BCUT2D eigenvalue weighted by Gasteiger charge is 2.32. The molecule has 2 aromatic heterocycles. The number of hydrogen-bond acceptors (Lipinski definition) is 4. The van der Waals surface area contributed by atoms with Gasteiger partial charge in [-0.25, -0.2) is 0 Å². The first kappa shape index (κ1) is 15.7. The van der Waals surface area contributed by atoms with Crippen LogP contribution in [0.1, 0.15) is 17.1 Å². The van der Waals surface area contributed by atoms with E-state index in [0.29, 0.717) is 19.5 Å². The maximum atomic E-state index is 10.4. The van der Waals surface area contributed by atoms with Crippen LogP contribution in [0.2, 0.25) is 5.02 Å². The molecule has 1 fully saturated rings. The highest BCUT2D eigenvalue weighted by molar-refractivity contribution is 6.36. The van der Waals surface area contributed by atoms with Crippen molar-refractivity contribution in [2.45, 2.75) is 26.0 Å². The van der Waals surface area contributed by atoms with E-state index in [-0.39, 0.29) is 12.0 Å². The molecule has 1 aromatic carbocycles. The van der Waals surface area contributed by atoms with E-state index < -0.39 is 0 Å². The third-order valence-electron chi connectivity index (χ3n) is 4.72. The van der Waals surface area contributed by atoms with Gasteiger partial charge in [0.2, 0.25) is 0 Å². The average Bonchev–Trinajstić information content (AvgIpc) is 3.21. The van der Waals surface area contributed by atoms with E-state index in [1.54, 1.807) is 0 Å². The second-order valence-electron chi connectivity index (χ2n) is 6.62. The molecule has 1 saturated heterocycles. The molecule has 0 bridgehead atoms. The van der Waals surface area contributed by atoms with Crippen LogP contribution < -0.4 is 0 Å². The molecule has 24 heavy (non-hydrogen) atoms. The number of likely N-dealkylation sites (tertiary alicyclic amines) is 1. The lowest BCUT2D eigenvalue weighted by molar-refractivity contribution is 0.137. The lowest BCUT2D eigenvalue weighted by atomic mass is 10.0. The molecule has 0 saturated carbocycles. The minimum Gasteiger partial charge on any atom is -0.391 e. The summed E-state index contributed by atoms with van der Waals surface area (Å²) >= 11 is 6.50. The van der Waals surface area contributed by atoms with E-state index in [0.717, 1.165) is 39.6 Å². The predicted molar refractivity (Wildman–Crippen MR) is 93.0 cm³/mol. The Hall–Kier alpha value is -1.82. The largest absolute Gasteiger partial charge is 0.391 e. The lowest BCUT2D eigenvalue weighted by Gasteiger charge is -2.14. The van der Waals surface area contributed by atoms with E-state index in [9.17, 15) is 5.11 Å². The van der Waals surface area contributed by atoms with E-state index in [1.807, 2.05) is 37.3 Å². The number of aliphatic hydroxyl groups excluding tert-OH is 1. The van der Waals surface area contributed by atoms with E-state index in [2.05, 4.69) is 15.0 Å². The Morgan fingerprint density at radius 2 is 2.21 bits per heavy atom. The Morgan fingerprint density at radius 1 is 1.38 bits per heavy atom. The summed E-state index contributed by atoms with van der Waals surface area (Å²) in [6, 6.07) is 9.96. The molecular weight excluding hydrogens is 326 g/mol. The van der Waals surface area contributed by atoms with Crippen molar-refractivity contribution in [1.82, 2.24) is 15.0 Å². The fourth-order valence-electron chi connectivity index (χ4n) is 3.54. The monoisotopic (exact) mass is 345 g/mol. The van der Waals surface area contributed by atoms with E-state index >= 15 is 0 Å². The molecule has 2 N–H and O–H groups in total. The third-order valence-corrected chi connectivity index (χ3v) is 5.15. The summed E-state index contributed by atoms with van der Waals surface area (Å²) in [4.78, 5) is 5.62. The van der Waals surface area contributed by atoms with Crippen molar-refractivity contribution >= 4 is 22.5 Å². The number of nitrogens with zero attached hydrogens (tertiary/aromatic N) is 2. The molecule has 1 aliphatic heterocycles. The smallest absolute Gasteiger partial charge is 0.137 e. The summed E-state index contributed by atoms with van der Waals surface area (Å²) in [5, 5.41) is 16.1. The minimum atomic E-state index is -0.362. The van der Waals surface area contributed by atoms with Crippen LogP contribution in [0.5, 0.6) is 0 Å². The van der Waals surface area contributed by atoms with Crippen LogP contribution in [0.15, 0.2) is 34.9 Å². The quantitative estimate of drug-likeness (QED) is 0.762. The van der Waals surface area contributed by atoms with Gasteiger partial charge in [0.15, 0.2) is 0 Å². The van der Waals surface area contributed by atoms with Crippen molar-refractivity contribution in [2.75, 3.05) is 13.1 Å². The van der Waals surface area contributed by atoms with Gasteiger partial charge in [0.05, 0.1) is 16.8 Å². The highest BCUT2D eigenvalue weighted by Crippen LogP contribution is 2.30. The molecule has 6 heteroatoms. The molecule has 1 aliphatic rings. The summed E-state index contributed by atoms with van der Waals surface area (Å²) in [6.07, 6.45) is 0.345. The van der Waals surface area contributed by atoms with Gasteiger partial charge >= 0.3 is 0 Å². The Kier molecular flexibility index (Phi) is 4.08. The SMILES string of the molecule is Cc1cc(C[C@@H]2CN(Cc3[nH]c4ccccc4c3Cl)C[C@@H]2O)on1. The topological polar surface area (TPSA) is 65.3 Å². The van der Waals surface area contributed by atoms with Gasteiger partial charge in [-0.15, -0.1) is 0 Å². The van der Waals surface area contributed by atoms with Crippen LogP contribution in [-0.4, -0.2) is 39.3 Å². The minimum absolute atomic E-state index is 0.153. The second kappa shape index (κ2) is 6.24. The molecule has 4 rings (SSSR count). The zero-order valence-electron chi connectivity index (χ0n) is 13.5. The van der Waals surface area contributed by atoms with Crippen LogP contribution in [0.4, 0.5) is 0 Å². The van der Waals surface area contributed by atoms with Gasteiger partial charge in [0.1, 0.15) is 5.76 Å². The average molecular weight is 346 g/mol. The number of halogens is 1. The molecule has 3 heterocycles. The Balaban J connectivity index is 1.46. The number of aromatic nitrogens is 2. The summed E-state index contributed by atoms with van der Waals surface area (Å²) < 4.78 is 5.28. The summed E-state index contributed by atoms with van der Waals surface area (Å²) in [7, 11) is 0. The van der Waals surface area contributed by atoms with Gasteiger partial charge < -0.3 is 14.6 Å². The molecular formula is C18H20ClN3O2. The Labute approximate surface area is 145 Å². The molecule has 0 aliphatic carbocycles. The Bertz CT molecular complexity index is 857. The van der Waals surface area contributed by atoms with Gasteiger partial charge in [-0.2, -0.15) is 0 Å². The number of aliphatic hydroxyl groups is 1. The van der Waals surface area contributed by atoms with Crippen LogP contribution >= 0.6 is 11.6 Å². The van der Waals surface area contributed by atoms with Crippen LogP contribution in [0, 0.1) is 12.8 Å². The van der Waals surface area contributed by atoms with Gasteiger partial charge in [0.25, 0.3) is 0 Å². The first-order chi connectivity index (χ1) is 11.6. The zero-order valence-corrected chi connectivity index (χ0v) is 14.3. The second-order valence-corrected chi connectivity index (χ2v) is 7.00. The number of β-amino-alcohol motifs (C(OH)–C–C–N with tert-alkyl or cyclic N) is 1. The zero-order chi connectivity index (χ0) is 16.7. The summed E-state index contributed by atoms with van der Waals surface area (Å²) in [5.74, 6) is 0.988. The Morgan fingerprint density at radius 3 is 2.96 bits per heavy atom. The first-order valence-corrected chi connectivity index (χ1v) is 8.55. The maximum Gasteiger partial charge on any atom is 0.137 e. The van der Waals surface area contributed by atoms with Crippen molar-refractivity contribution in [2.24, 2.45) is 5.92 Å². The number of aromatic amines is 1. The molecule has 5 nitrogen and oxygen atoms in total. The maximum absolute atomic E-state index is 10.4. The molecule has 0 radical (unpaired) electrons. The van der Waals surface area contributed by atoms with Gasteiger partial charge in [0, 0.05) is 54.6 Å². The van der Waals surface area contributed by atoms with Gasteiger partial charge in [-0.1, -0.05) is 35.0 Å². The molecule has 2 atom stereocenters. The molecule has 3 aromatic rings. The lowest BCUT2D eigenvalue weighted by Crippen LogP contribution is -2.21. The van der Waals surface area contributed by atoms with Crippen LogP contribution in [-0.2, 0) is 13.0 Å². The number of nitrogens with one attached hydrogen (secondary N) is 1. The number of hydrogen-bond donors (Lipinski definition) is 2. The molecule has 0 amide bonds. The van der Waals surface area contributed by atoms with Crippen molar-refractivity contribution in [3.05, 3.63) is 52.5 Å². The number of rotatable bonds is 4.